The van der Waals surface area contributed by atoms with Gasteiger partial charge in [-0.25, -0.2) is 4.98 Å². The summed E-state index contributed by atoms with van der Waals surface area (Å²) in [5.74, 6) is 1.23. The second-order valence-electron chi connectivity index (χ2n) is 4.34. The molecule has 0 fully saturated rings. The van der Waals surface area contributed by atoms with Crippen molar-refractivity contribution in [1.82, 2.24) is 14.5 Å². The van der Waals surface area contributed by atoms with Gasteiger partial charge in [-0.15, -0.1) is 0 Å². The lowest BCUT2D eigenvalue weighted by molar-refractivity contribution is 0.242. The van der Waals surface area contributed by atoms with Gasteiger partial charge in [0.25, 0.3) is 5.56 Å². The van der Waals surface area contributed by atoms with E-state index in [9.17, 15) is 10.1 Å². The third-order valence-corrected chi connectivity index (χ3v) is 4.23. The van der Waals surface area contributed by atoms with Gasteiger partial charge >= 0.3 is 0 Å². The van der Waals surface area contributed by atoms with Crippen LogP contribution in [-0.2, 0) is 6.67 Å². The molecule has 0 atom stereocenters. The molecule has 1 aliphatic heterocycles. The maximum Gasteiger partial charge on any atom is 0.273 e. The zero-order valence-electron chi connectivity index (χ0n) is 10.9. The fraction of sp³-hybridized carbons (Fsp3) is 0.308. The number of hydrogen-bond acceptors (Lipinski definition) is 6. The van der Waals surface area contributed by atoms with E-state index in [0.29, 0.717) is 23.3 Å². The third kappa shape index (κ3) is 2.03. The maximum absolute atomic E-state index is 12.4. The molecule has 20 heavy (non-hydrogen) atoms. The van der Waals surface area contributed by atoms with Crippen molar-refractivity contribution in [3.8, 4) is 17.5 Å². The zero-order chi connectivity index (χ0) is 14.1. The summed E-state index contributed by atoms with van der Waals surface area (Å²) >= 11 is 1.49. The van der Waals surface area contributed by atoms with E-state index in [1.807, 2.05) is 13.0 Å². The molecule has 0 aromatic carbocycles. The van der Waals surface area contributed by atoms with Crippen molar-refractivity contribution >= 4 is 11.8 Å². The normalized spacial score (nSPS) is 14.8. The van der Waals surface area contributed by atoms with Crippen LogP contribution in [0.15, 0.2) is 32.8 Å². The van der Waals surface area contributed by atoms with E-state index in [1.54, 1.807) is 16.7 Å². The summed E-state index contributed by atoms with van der Waals surface area (Å²) in [5, 5.41) is 9.89. The van der Waals surface area contributed by atoms with Gasteiger partial charge < -0.3 is 4.42 Å². The van der Waals surface area contributed by atoms with E-state index in [4.69, 9.17) is 4.42 Å². The van der Waals surface area contributed by atoms with Gasteiger partial charge in [0.05, 0.1) is 18.8 Å². The van der Waals surface area contributed by atoms with Crippen molar-refractivity contribution in [2.45, 2.75) is 18.7 Å². The van der Waals surface area contributed by atoms with Gasteiger partial charge in [-0.2, -0.15) is 5.26 Å². The number of furan rings is 1. The Morgan fingerprint density at radius 2 is 2.45 bits per heavy atom. The highest BCUT2D eigenvalue weighted by molar-refractivity contribution is 7.99. The molecule has 0 amide bonds. The van der Waals surface area contributed by atoms with Crippen LogP contribution < -0.4 is 5.56 Å². The van der Waals surface area contributed by atoms with Gasteiger partial charge in [0.1, 0.15) is 17.3 Å². The number of thioether (sulfide) groups is 1. The highest BCUT2D eigenvalue weighted by Gasteiger charge is 2.23. The quantitative estimate of drug-likeness (QED) is 0.783. The van der Waals surface area contributed by atoms with Crippen LogP contribution in [0.4, 0.5) is 0 Å². The Hall–Kier alpha value is -2.04. The third-order valence-electron chi connectivity index (χ3n) is 3.17. The fourth-order valence-corrected chi connectivity index (χ4v) is 3.06. The van der Waals surface area contributed by atoms with Gasteiger partial charge in [-0.3, -0.25) is 14.3 Å². The summed E-state index contributed by atoms with van der Waals surface area (Å²) < 4.78 is 6.81. The van der Waals surface area contributed by atoms with E-state index >= 15 is 0 Å². The molecule has 2 aromatic heterocycles. The molecule has 0 saturated heterocycles. The smallest absolute Gasteiger partial charge is 0.273 e. The predicted molar refractivity (Wildman–Crippen MR) is 74.0 cm³/mol. The number of fused-ring (bicyclic) bond motifs is 1. The van der Waals surface area contributed by atoms with Gasteiger partial charge in [0.15, 0.2) is 10.9 Å². The summed E-state index contributed by atoms with van der Waals surface area (Å²) in [5.41, 5.74) is 0.0444. The first-order chi connectivity index (χ1) is 9.74. The Labute approximate surface area is 119 Å². The Bertz CT molecular complexity index is 730. The number of nitriles is 1. The summed E-state index contributed by atoms with van der Waals surface area (Å²) in [7, 11) is 0. The van der Waals surface area contributed by atoms with Gasteiger partial charge in [0, 0.05) is 0 Å². The standard InChI is InChI=1S/C13H12N4O2S/c1-2-16-7-17-12(18)9(6-14)11(10-4-3-5-19-10)15-13(17)20-8-16/h3-5H,2,7-8H2,1H3. The molecule has 0 bridgehead atoms. The van der Waals surface area contributed by atoms with E-state index in [2.05, 4.69) is 9.88 Å². The molecule has 0 aliphatic carbocycles. The van der Waals surface area contributed by atoms with E-state index in [0.717, 1.165) is 12.4 Å². The Kier molecular flexibility index (Phi) is 3.34. The van der Waals surface area contributed by atoms with Crippen LogP contribution in [0.1, 0.15) is 12.5 Å². The van der Waals surface area contributed by atoms with E-state index in [-0.39, 0.29) is 11.1 Å². The Morgan fingerprint density at radius 1 is 1.60 bits per heavy atom. The molecule has 3 heterocycles. The summed E-state index contributed by atoms with van der Waals surface area (Å²) in [4.78, 5) is 19.0. The molecule has 7 heteroatoms. The molecule has 6 nitrogen and oxygen atoms in total. The Morgan fingerprint density at radius 3 is 3.10 bits per heavy atom. The minimum Gasteiger partial charge on any atom is -0.463 e. The maximum atomic E-state index is 12.4. The van der Waals surface area contributed by atoms with Crippen molar-refractivity contribution in [1.29, 1.82) is 5.26 Å². The van der Waals surface area contributed by atoms with Crippen LogP contribution in [0, 0.1) is 11.3 Å². The van der Waals surface area contributed by atoms with Crippen molar-refractivity contribution in [3.05, 3.63) is 34.3 Å². The highest BCUT2D eigenvalue weighted by atomic mass is 32.2. The predicted octanol–water partition coefficient (Wildman–Crippen LogP) is 1.72. The Balaban J connectivity index is 2.19. The van der Waals surface area contributed by atoms with Crippen molar-refractivity contribution < 1.29 is 4.42 Å². The van der Waals surface area contributed by atoms with Crippen LogP contribution in [0.2, 0.25) is 0 Å². The lowest BCUT2D eigenvalue weighted by Crippen LogP contribution is -2.38. The lowest BCUT2D eigenvalue weighted by Gasteiger charge is -2.27. The minimum atomic E-state index is -0.311. The van der Waals surface area contributed by atoms with Crippen molar-refractivity contribution in [2.75, 3.05) is 12.4 Å². The van der Waals surface area contributed by atoms with Crippen LogP contribution >= 0.6 is 11.8 Å². The topological polar surface area (TPSA) is 75.1 Å². The summed E-state index contributed by atoms with van der Waals surface area (Å²) in [6.45, 7) is 3.35. The van der Waals surface area contributed by atoms with Gasteiger partial charge in [-0.05, 0) is 18.7 Å². The van der Waals surface area contributed by atoms with Crippen molar-refractivity contribution in [2.24, 2.45) is 0 Å². The molecule has 0 saturated carbocycles. The first-order valence-corrected chi connectivity index (χ1v) is 7.17. The average molecular weight is 288 g/mol. The van der Waals surface area contributed by atoms with Crippen molar-refractivity contribution in [3.63, 3.8) is 0 Å². The summed E-state index contributed by atoms with van der Waals surface area (Å²) in [6.07, 6.45) is 1.50. The molecular weight excluding hydrogens is 276 g/mol. The second kappa shape index (κ2) is 5.15. The zero-order valence-corrected chi connectivity index (χ0v) is 11.7. The monoisotopic (exact) mass is 288 g/mol. The lowest BCUT2D eigenvalue weighted by atomic mass is 10.2. The van der Waals surface area contributed by atoms with Gasteiger partial charge in [-0.1, -0.05) is 18.7 Å². The summed E-state index contributed by atoms with van der Waals surface area (Å²) in [6, 6.07) is 5.36. The molecule has 0 N–H and O–H groups in total. The molecule has 102 valence electrons. The number of nitrogens with zero attached hydrogens (tertiary/aromatic N) is 4. The van der Waals surface area contributed by atoms with Crippen LogP contribution in [-0.4, -0.2) is 26.9 Å². The molecule has 0 radical (unpaired) electrons. The van der Waals surface area contributed by atoms with Crippen LogP contribution in [0.25, 0.3) is 11.5 Å². The molecule has 0 unspecified atom stereocenters. The molecule has 1 aliphatic rings. The molecule has 0 spiro atoms. The number of hydrogen-bond donors (Lipinski definition) is 0. The fourth-order valence-electron chi connectivity index (χ4n) is 2.04. The minimum absolute atomic E-state index is 0.0299. The molecular formula is C13H12N4O2S. The number of rotatable bonds is 2. The van der Waals surface area contributed by atoms with E-state index in [1.165, 1.54) is 18.0 Å². The van der Waals surface area contributed by atoms with Crippen LogP contribution in [0.3, 0.4) is 0 Å². The molecule has 2 aromatic rings. The first kappa shape index (κ1) is 13.0. The first-order valence-electron chi connectivity index (χ1n) is 6.18. The van der Waals surface area contributed by atoms with Crippen LogP contribution in [0.5, 0.6) is 0 Å². The van der Waals surface area contributed by atoms with E-state index < -0.39 is 0 Å². The van der Waals surface area contributed by atoms with Gasteiger partial charge in [0.2, 0.25) is 0 Å². The highest BCUT2D eigenvalue weighted by Crippen LogP contribution is 2.26. The second-order valence-corrected chi connectivity index (χ2v) is 5.25. The largest absolute Gasteiger partial charge is 0.463 e. The average Bonchev–Trinajstić information content (AvgIpc) is 3.01. The molecule has 3 rings (SSSR count). The SMILES string of the molecule is CCN1CSc2nc(-c3ccco3)c(C#N)c(=O)n2C1. The number of aromatic nitrogens is 2.